The smallest absolute Gasteiger partial charge is 0.478 e. The summed E-state index contributed by atoms with van der Waals surface area (Å²) in [5.41, 5.74) is 1.96. The van der Waals surface area contributed by atoms with Crippen molar-refractivity contribution in [2.24, 2.45) is 11.8 Å². The molecule has 1 atom stereocenters. The van der Waals surface area contributed by atoms with Gasteiger partial charge in [-0.2, -0.15) is 13.2 Å². The molecule has 3 heterocycles. The zero-order valence-electron chi connectivity index (χ0n) is 29.0. The maximum absolute atomic E-state index is 13.4. The van der Waals surface area contributed by atoms with Crippen LogP contribution in [0.2, 0.25) is 0 Å². The van der Waals surface area contributed by atoms with Crippen LogP contribution in [0.3, 0.4) is 0 Å². The number of carbonyl (C=O) groups is 4. The van der Waals surface area contributed by atoms with Crippen molar-refractivity contribution in [3.05, 3.63) is 34.4 Å². The summed E-state index contributed by atoms with van der Waals surface area (Å²) < 4.78 is 38.2. The highest BCUT2D eigenvalue weighted by Gasteiger charge is 2.50. The van der Waals surface area contributed by atoms with Gasteiger partial charge in [0.25, 0.3) is 5.91 Å². The Balaban J connectivity index is 0.000000698. The highest BCUT2D eigenvalue weighted by molar-refractivity contribution is 5.99. The number of aryl methyl sites for hydroxylation is 2. The van der Waals surface area contributed by atoms with Gasteiger partial charge in [0, 0.05) is 69.6 Å². The van der Waals surface area contributed by atoms with Crippen molar-refractivity contribution in [1.82, 2.24) is 14.7 Å². The number of unbranched alkanes of at least 4 members (excludes halogenated alkanes) is 1. The molecule has 1 aromatic rings. The van der Waals surface area contributed by atoms with Crippen LogP contribution < -0.4 is 0 Å². The maximum atomic E-state index is 13.4. The maximum Gasteiger partial charge on any atom is 0.490 e. The Morgan fingerprint density at radius 2 is 1.51 bits per heavy atom. The number of carbonyl (C=O) groups excluding carboxylic acids is 2. The highest BCUT2D eigenvalue weighted by atomic mass is 19.4. The molecule has 3 aliphatic heterocycles. The minimum atomic E-state index is -5.08. The van der Waals surface area contributed by atoms with E-state index in [1.807, 2.05) is 23.6 Å². The number of amides is 2. The van der Waals surface area contributed by atoms with Crippen LogP contribution in [-0.4, -0.2) is 106 Å². The topological polar surface area (TPSA) is 128 Å². The minimum absolute atomic E-state index is 0.00338. The molecule has 1 aliphatic carbocycles. The number of ether oxygens (including phenoxy) is 1. The largest absolute Gasteiger partial charge is 0.490 e. The quantitative estimate of drug-likeness (QED) is 0.300. The van der Waals surface area contributed by atoms with Gasteiger partial charge in [0.2, 0.25) is 0 Å². The Morgan fingerprint density at radius 1 is 0.939 bits per heavy atom. The third-order valence-electron chi connectivity index (χ3n) is 11.0. The summed E-state index contributed by atoms with van der Waals surface area (Å²) in [6, 6.07) is 3.62. The molecule has 0 bridgehead atoms. The van der Waals surface area contributed by atoms with Crippen molar-refractivity contribution in [1.29, 1.82) is 0 Å². The molecule has 0 aromatic heterocycles. The summed E-state index contributed by atoms with van der Waals surface area (Å²) in [5.74, 6) is -2.69. The van der Waals surface area contributed by atoms with E-state index in [4.69, 9.17) is 14.6 Å². The van der Waals surface area contributed by atoms with Crippen molar-refractivity contribution in [2.75, 3.05) is 39.3 Å². The number of hydrogen-bond acceptors (Lipinski definition) is 6. The van der Waals surface area contributed by atoms with E-state index >= 15 is 0 Å². The summed E-state index contributed by atoms with van der Waals surface area (Å²) in [6.07, 6.45) is 8.34. The molecule has 13 heteroatoms. The van der Waals surface area contributed by atoms with Crippen molar-refractivity contribution < 1.29 is 47.3 Å². The number of hydrogen-bond donors (Lipinski definition) is 2. The van der Waals surface area contributed by atoms with Crippen LogP contribution in [0.25, 0.3) is 0 Å². The Hall–Kier alpha value is -3.35. The molecular formula is C36H52F3N3O7. The lowest BCUT2D eigenvalue weighted by Gasteiger charge is -2.52. The molecule has 4 fully saturated rings. The molecule has 49 heavy (non-hydrogen) atoms. The van der Waals surface area contributed by atoms with Crippen LogP contribution in [0, 0.1) is 25.7 Å². The second kappa shape index (κ2) is 16.6. The first kappa shape index (κ1) is 38.5. The van der Waals surface area contributed by atoms with Crippen LogP contribution in [0.5, 0.6) is 0 Å². The molecule has 10 nitrogen and oxygen atoms in total. The van der Waals surface area contributed by atoms with Gasteiger partial charge in [0.1, 0.15) is 5.60 Å². The highest BCUT2D eigenvalue weighted by Crippen LogP contribution is 2.42. The van der Waals surface area contributed by atoms with Crippen molar-refractivity contribution in [2.45, 2.75) is 116 Å². The van der Waals surface area contributed by atoms with E-state index in [9.17, 15) is 32.7 Å². The standard InChI is InChI=1S/C34H51N3O5.C2HF3O2/c1-4-5-11-28-23-37(22-26-9-7-6-8-10-26)33(41)42-34(28)14-18-35(19-15-34)29-12-16-36(17-13-29)31(38)30-24(2)20-27(32(39)40)21-25(30)3;3-2(4,5)1(6)7/h20-21,26,28-29H,4-19,22-23H2,1-3H3,(H,39,40);(H,6,7). The number of alkyl halides is 3. The lowest BCUT2D eigenvalue weighted by Crippen LogP contribution is -2.61. The van der Waals surface area contributed by atoms with E-state index in [1.165, 1.54) is 38.5 Å². The number of aromatic carboxylic acids is 1. The lowest BCUT2D eigenvalue weighted by molar-refractivity contribution is -0.192. The third kappa shape index (κ3) is 9.67. The second-order valence-electron chi connectivity index (χ2n) is 14.3. The van der Waals surface area contributed by atoms with E-state index < -0.39 is 18.1 Å². The first-order chi connectivity index (χ1) is 23.1. The van der Waals surface area contributed by atoms with Gasteiger partial charge in [-0.3, -0.25) is 9.69 Å². The summed E-state index contributed by atoms with van der Waals surface area (Å²) in [6.45, 7) is 10.9. The Morgan fingerprint density at radius 3 is 2.02 bits per heavy atom. The van der Waals surface area contributed by atoms with E-state index in [0.29, 0.717) is 36.5 Å². The number of nitrogens with zero attached hydrogens (tertiary/aromatic N) is 3. The summed E-state index contributed by atoms with van der Waals surface area (Å²) in [7, 11) is 0. The van der Waals surface area contributed by atoms with Gasteiger partial charge in [-0.05, 0) is 75.1 Å². The normalized spacial score (nSPS) is 22.3. The monoisotopic (exact) mass is 695 g/mol. The molecule has 1 unspecified atom stereocenters. The second-order valence-corrected chi connectivity index (χ2v) is 14.3. The molecule has 274 valence electrons. The van der Waals surface area contributed by atoms with E-state index in [-0.39, 0.29) is 23.2 Å². The fraction of sp³-hybridized carbons (Fsp3) is 0.722. The number of likely N-dealkylation sites (tertiary alicyclic amines) is 2. The van der Waals surface area contributed by atoms with Gasteiger partial charge in [-0.1, -0.05) is 39.0 Å². The summed E-state index contributed by atoms with van der Waals surface area (Å²) >= 11 is 0. The van der Waals surface area contributed by atoms with Crippen LogP contribution in [0.1, 0.15) is 116 Å². The molecule has 2 N–H and O–H groups in total. The Kier molecular flexibility index (Phi) is 13.0. The van der Waals surface area contributed by atoms with E-state index in [2.05, 4.69) is 11.8 Å². The lowest BCUT2D eigenvalue weighted by atomic mass is 9.75. The van der Waals surface area contributed by atoms with Gasteiger partial charge in [-0.15, -0.1) is 0 Å². The Bertz CT molecular complexity index is 1310. The van der Waals surface area contributed by atoms with Crippen molar-refractivity contribution >= 4 is 23.9 Å². The minimum Gasteiger partial charge on any atom is -0.478 e. The SMILES string of the molecule is CCCCC1CN(CC2CCCCC2)C(=O)OC12CCN(C1CCN(C(=O)c3c(C)cc(C(=O)O)cc3C)CC1)CC2.O=C(O)C(F)(F)F. The van der Waals surface area contributed by atoms with Crippen molar-refractivity contribution in [3.8, 4) is 0 Å². The number of rotatable bonds is 8. The van der Waals surface area contributed by atoms with Crippen LogP contribution in [0.15, 0.2) is 12.1 Å². The fourth-order valence-corrected chi connectivity index (χ4v) is 8.26. The predicted octanol–water partition coefficient (Wildman–Crippen LogP) is 6.91. The number of carboxylic acid groups (broad SMARTS) is 2. The van der Waals surface area contributed by atoms with Gasteiger partial charge in [0.05, 0.1) is 5.56 Å². The molecule has 2 amide bonds. The molecule has 1 spiro atoms. The molecule has 4 aliphatic rings. The molecule has 0 radical (unpaired) electrons. The number of benzene rings is 1. The average molecular weight is 696 g/mol. The first-order valence-electron chi connectivity index (χ1n) is 17.8. The average Bonchev–Trinajstić information content (AvgIpc) is 3.06. The Labute approximate surface area is 286 Å². The molecular weight excluding hydrogens is 643 g/mol. The van der Waals surface area contributed by atoms with Crippen molar-refractivity contribution in [3.63, 3.8) is 0 Å². The third-order valence-corrected chi connectivity index (χ3v) is 11.0. The molecule has 5 rings (SSSR count). The molecule has 3 saturated heterocycles. The van der Waals surface area contributed by atoms with Gasteiger partial charge in [-0.25, -0.2) is 14.4 Å². The van der Waals surface area contributed by atoms with Crippen LogP contribution >= 0.6 is 0 Å². The number of piperidine rings is 2. The van der Waals surface area contributed by atoms with Crippen LogP contribution in [0.4, 0.5) is 18.0 Å². The molecule has 1 saturated carbocycles. The van der Waals surface area contributed by atoms with Gasteiger partial charge in [0.15, 0.2) is 0 Å². The predicted molar refractivity (Wildman–Crippen MR) is 177 cm³/mol. The zero-order valence-corrected chi connectivity index (χ0v) is 29.0. The fourth-order valence-electron chi connectivity index (χ4n) is 8.26. The number of halogens is 3. The molecule has 1 aromatic carbocycles. The zero-order chi connectivity index (χ0) is 35.9. The first-order valence-corrected chi connectivity index (χ1v) is 17.8. The van der Waals surface area contributed by atoms with Gasteiger partial charge < -0.3 is 24.7 Å². The van der Waals surface area contributed by atoms with Crippen LogP contribution in [-0.2, 0) is 9.53 Å². The van der Waals surface area contributed by atoms with E-state index in [0.717, 1.165) is 75.8 Å². The van der Waals surface area contributed by atoms with Gasteiger partial charge >= 0.3 is 24.2 Å². The van der Waals surface area contributed by atoms with E-state index in [1.54, 1.807) is 12.1 Å². The summed E-state index contributed by atoms with van der Waals surface area (Å²) in [5, 5.41) is 16.5. The summed E-state index contributed by atoms with van der Waals surface area (Å²) in [4.78, 5) is 53.6. The number of carboxylic acids is 2. The number of aliphatic carboxylic acids is 1.